The van der Waals surface area contributed by atoms with E-state index in [2.05, 4.69) is 0 Å². The van der Waals surface area contributed by atoms with Crippen LogP contribution in [0.3, 0.4) is 0 Å². The third kappa shape index (κ3) is 3.61. The van der Waals surface area contributed by atoms with Gasteiger partial charge < -0.3 is 14.9 Å². The molecule has 3 nitrogen and oxygen atoms in total. The van der Waals surface area contributed by atoms with Crippen molar-refractivity contribution >= 4 is 0 Å². The highest BCUT2D eigenvalue weighted by atomic mass is 19.4. The minimum absolute atomic E-state index is 0.135. The monoisotopic (exact) mass is 250 g/mol. The molecule has 0 fully saturated rings. The number of hydrogen-bond acceptors (Lipinski definition) is 3. The van der Waals surface area contributed by atoms with Gasteiger partial charge in [0.2, 0.25) is 0 Å². The summed E-state index contributed by atoms with van der Waals surface area (Å²) in [5.41, 5.74) is -2.08. The van der Waals surface area contributed by atoms with Crippen molar-refractivity contribution in [3.8, 4) is 5.75 Å². The van der Waals surface area contributed by atoms with Crippen molar-refractivity contribution in [1.82, 2.24) is 0 Å². The second-order valence-corrected chi connectivity index (χ2v) is 4.10. The fourth-order valence-corrected chi connectivity index (χ4v) is 1.07. The van der Waals surface area contributed by atoms with Crippen LogP contribution < -0.4 is 4.74 Å². The van der Waals surface area contributed by atoms with Crippen LogP contribution in [0.1, 0.15) is 19.4 Å². The number of alkyl halides is 3. The molecular formula is C11H13F3O3. The summed E-state index contributed by atoms with van der Waals surface area (Å²) < 4.78 is 42.0. The molecule has 0 heterocycles. The second kappa shape index (κ2) is 4.54. The molecule has 0 saturated heterocycles. The number of ether oxygens (including phenoxy) is 1. The van der Waals surface area contributed by atoms with E-state index < -0.39 is 23.6 Å². The van der Waals surface area contributed by atoms with Gasteiger partial charge in [0, 0.05) is 0 Å². The number of benzene rings is 1. The quantitative estimate of drug-likeness (QED) is 0.808. The van der Waals surface area contributed by atoms with Crippen LogP contribution >= 0.6 is 0 Å². The minimum atomic E-state index is -4.40. The lowest BCUT2D eigenvalue weighted by Crippen LogP contribution is -2.41. The number of aliphatic hydroxyl groups is 2. The molecule has 0 amide bonds. The third-order valence-electron chi connectivity index (χ3n) is 2.18. The van der Waals surface area contributed by atoms with Crippen molar-refractivity contribution in [2.45, 2.75) is 31.9 Å². The molecule has 0 aliphatic heterocycles. The van der Waals surface area contributed by atoms with E-state index in [0.29, 0.717) is 0 Å². The molecule has 6 heteroatoms. The van der Waals surface area contributed by atoms with Gasteiger partial charge in [-0.1, -0.05) is 0 Å². The molecule has 0 bridgehead atoms. The van der Waals surface area contributed by atoms with Gasteiger partial charge in [-0.05, 0) is 38.1 Å². The van der Waals surface area contributed by atoms with Gasteiger partial charge in [-0.25, -0.2) is 0 Å². The first-order valence-electron chi connectivity index (χ1n) is 4.85. The topological polar surface area (TPSA) is 49.7 Å². The molecular weight excluding hydrogens is 237 g/mol. The average molecular weight is 250 g/mol. The Morgan fingerprint density at radius 1 is 1.06 bits per heavy atom. The van der Waals surface area contributed by atoms with Crippen molar-refractivity contribution in [3.63, 3.8) is 0 Å². The zero-order valence-electron chi connectivity index (χ0n) is 9.32. The van der Waals surface area contributed by atoms with Crippen molar-refractivity contribution < 1.29 is 28.1 Å². The summed E-state index contributed by atoms with van der Waals surface area (Å²) in [7, 11) is 0. The van der Waals surface area contributed by atoms with Crippen LogP contribution in [0.5, 0.6) is 5.75 Å². The van der Waals surface area contributed by atoms with Gasteiger partial charge in [0.05, 0.1) is 5.56 Å². The van der Waals surface area contributed by atoms with Gasteiger partial charge in [0.1, 0.15) is 5.75 Å². The zero-order valence-corrected chi connectivity index (χ0v) is 9.32. The van der Waals surface area contributed by atoms with Gasteiger partial charge in [0.25, 0.3) is 0 Å². The summed E-state index contributed by atoms with van der Waals surface area (Å²) in [6, 6.07) is 4.00. The average Bonchev–Trinajstić information content (AvgIpc) is 2.16. The van der Waals surface area contributed by atoms with Crippen molar-refractivity contribution in [2.24, 2.45) is 0 Å². The van der Waals surface area contributed by atoms with Crippen molar-refractivity contribution in [1.29, 1.82) is 0 Å². The Bertz CT molecular complexity index is 369. The number of aliphatic hydroxyl groups excluding tert-OH is 1. The number of hydrogen-bond donors (Lipinski definition) is 2. The largest absolute Gasteiger partial charge is 0.483 e. The molecule has 0 saturated carbocycles. The lowest BCUT2D eigenvalue weighted by atomic mass is 10.1. The van der Waals surface area contributed by atoms with Gasteiger partial charge in [0.15, 0.2) is 11.9 Å². The highest BCUT2D eigenvalue weighted by molar-refractivity contribution is 5.29. The lowest BCUT2D eigenvalue weighted by molar-refractivity contribution is -0.154. The summed E-state index contributed by atoms with van der Waals surface area (Å²) in [5, 5.41) is 18.0. The summed E-state index contributed by atoms with van der Waals surface area (Å²) in [4.78, 5) is 0. The molecule has 96 valence electrons. The molecule has 0 aliphatic rings. The fourth-order valence-electron chi connectivity index (χ4n) is 1.07. The summed E-state index contributed by atoms with van der Waals surface area (Å²) in [6.07, 6.45) is -6.13. The molecule has 1 rings (SSSR count). The van der Waals surface area contributed by atoms with E-state index in [-0.39, 0.29) is 5.75 Å². The maximum Gasteiger partial charge on any atom is 0.416 e. The molecule has 0 atom stereocenters. The normalized spacial score (nSPS) is 12.9. The summed E-state index contributed by atoms with van der Waals surface area (Å²) >= 11 is 0. The smallest absolute Gasteiger partial charge is 0.416 e. The maximum absolute atomic E-state index is 12.3. The van der Waals surface area contributed by atoms with E-state index >= 15 is 0 Å². The molecule has 17 heavy (non-hydrogen) atoms. The molecule has 0 radical (unpaired) electrons. The number of halogens is 3. The predicted octanol–water partition coefficient (Wildman–Crippen LogP) is 2.17. The van der Waals surface area contributed by atoms with E-state index in [1.807, 2.05) is 0 Å². The zero-order chi connectivity index (χ0) is 13.3. The van der Waals surface area contributed by atoms with Crippen LogP contribution in [0.4, 0.5) is 13.2 Å². The Labute approximate surface area is 96.5 Å². The van der Waals surface area contributed by atoms with Crippen molar-refractivity contribution in [2.75, 3.05) is 0 Å². The number of rotatable bonds is 3. The highest BCUT2D eigenvalue weighted by Crippen LogP contribution is 2.31. The van der Waals surface area contributed by atoms with Crippen LogP contribution in [0.2, 0.25) is 0 Å². The molecule has 0 aliphatic carbocycles. The lowest BCUT2D eigenvalue weighted by Gasteiger charge is -2.28. The standard InChI is InChI=1S/C11H13F3O3/c1-10(2,9(15)16)17-8-5-3-7(4-6-8)11(12,13)14/h3-6,9,15-16H,1-2H3. The maximum atomic E-state index is 12.3. The Morgan fingerprint density at radius 3 is 1.88 bits per heavy atom. The van der Waals surface area contributed by atoms with Gasteiger partial charge >= 0.3 is 6.18 Å². The Balaban J connectivity index is 2.83. The van der Waals surface area contributed by atoms with Crippen LogP contribution in [0.15, 0.2) is 24.3 Å². The molecule has 1 aromatic carbocycles. The van der Waals surface area contributed by atoms with Crippen LogP contribution in [-0.2, 0) is 6.18 Å². The Kier molecular flexibility index (Phi) is 3.68. The van der Waals surface area contributed by atoms with E-state index in [1.54, 1.807) is 0 Å². The molecule has 0 unspecified atom stereocenters. The van der Waals surface area contributed by atoms with Crippen LogP contribution in [-0.4, -0.2) is 22.1 Å². The van der Waals surface area contributed by atoms with E-state index in [0.717, 1.165) is 24.3 Å². The first-order chi connectivity index (χ1) is 7.63. The summed E-state index contributed by atoms with van der Waals surface area (Å²) in [6.45, 7) is 2.82. The Morgan fingerprint density at radius 2 is 1.53 bits per heavy atom. The predicted molar refractivity (Wildman–Crippen MR) is 54.4 cm³/mol. The third-order valence-corrected chi connectivity index (χ3v) is 2.18. The van der Waals surface area contributed by atoms with Crippen molar-refractivity contribution in [3.05, 3.63) is 29.8 Å². The van der Waals surface area contributed by atoms with Gasteiger partial charge in [-0.2, -0.15) is 13.2 Å². The van der Waals surface area contributed by atoms with Gasteiger partial charge in [-0.15, -0.1) is 0 Å². The Hall–Kier alpha value is -1.27. The SMILES string of the molecule is CC(C)(Oc1ccc(C(F)(F)F)cc1)C(O)O. The fraction of sp³-hybridized carbons (Fsp3) is 0.455. The van der Waals surface area contributed by atoms with E-state index in [9.17, 15) is 13.2 Å². The first-order valence-corrected chi connectivity index (χ1v) is 4.85. The highest BCUT2D eigenvalue weighted by Gasteiger charge is 2.31. The van der Waals surface area contributed by atoms with Gasteiger partial charge in [-0.3, -0.25) is 0 Å². The first kappa shape index (κ1) is 13.8. The molecule has 1 aromatic rings. The molecule has 0 spiro atoms. The van der Waals surface area contributed by atoms with E-state index in [1.165, 1.54) is 13.8 Å². The molecule has 0 aromatic heterocycles. The van der Waals surface area contributed by atoms with E-state index in [4.69, 9.17) is 14.9 Å². The van der Waals surface area contributed by atoms with Crippen LogP contribution in [0.25, 0.3) is 0 Å². The second-order valence-electron chi connectivity index (χ2n) is 4.10. The minimum Gasteiger partial charge on any atom is -0.483 e. The summed E-state index contributed by atoms with van der Waals surface area (Å²) in [5.74, 6) is 0.135. The molecule has 2 N–H and O–H groups in total. The van der Waals surface area contributed by atoms with Crippen LogP contribution in [0, 0.1) is 0 Å².